The van der Waals surface area contributed by atoms with Gasteiger partial charge in [-0.25, -0.2) is 8.42 Å². The van der Waals surface area contributed by atoms with Crippen LogP contribution in [0.3, 0.4) is 0 Å². The molecule has 0 aliphatic heterocycles. The van der Waals surface area contributed by atoms with Crippen LogP contribution < -0.4 is 11.1 Å². The molecule has 116 valence electrons. The number of ether oxygens (including phenoxy) is 1. The van der Waals surface area contributed by atoms with Crippen molar-refractivity contribution in [3.05, 3.63) is 36.4 Å². The van der Waals surface area contributed by atoms with Gasteiger partial charge in [-0.2, -0.15) is 0 Å². The highest BCUT2D eigenvalue weighted by Crippen LogP contribution is 2.16. The second-order valence-electron chi connectivity index (χ2n) is 4.51. The lowest BCUT2D eigenvalue weighted by Crippen LogP contribution is -2.27. The molecule has 0 aliphatic carbocycles. The minimum absolute atomic E-state index is 0.0230. The fourth-order valence-corrected chi connectivity index (χ4v) is 2.27. The number of benzene rings is 1. The molecule has 0 saturated heterocycles. The van der Waals surface area contributed by atoms with Crippen LogP contribution in [0.5, 0.6) is 0 Å². The summed E-state index contributed by atoms with van der Waals surface area (Å²) in [4.78, 5) is 12.0. The molecule has 7 heteroatoms. The molecule has 0 aromatic heterocycles. The van der Waals surface area contributed by atoms with E-state index in [1.165, 1.54) is 18.2 Å². The molecule has 0 fully saturated rings. The first kappa shape index (κ1) is 17.2. The number of carbonyl (C=O) groups excluding carboxylic acids is 1. The summed E-state index contributed by atoms with van der Waals surface area (Å²) in [5, 5.41) is 2.64. The highest BCUT2D eigenvalue weighted by molar-refractivity contribution is 7.90. The molecule has 0 radical (unpaired) electrons. The van der Waals surface area contributed by atoms with Crippen LogP contribution in [0.1, 0.15) is 16.8 Å². The SMILES string of the molecule is C=CCCOCCNC(=O)c1cc(N)cc(S(C)(=O)=O)c1. The minimum atomic E-state index is -3.41. The first-order valence-electron chi connectivity index (χ1n) is 6.42. The number of rotatable bonds is 8. The Bertz CT molecular complexity index is 611. The zero-order chi connectivity index (χ0) is 15.9. The second-order valence-corrected chi connectivity index (χ2v) is 6.52. The van der Waals surface area contributed by atoms with Crippen LogP contribution in [0.2, 0.25) is 0 Å². The molecule has 0 aliphatic rings. The van der Waals surface area contributed by atoms with E-state index in [1.54, 1.807) is 6.08 Å². The summed E-state index contributed by atoms with van der Waals surface area (Å²) in [5.74, 6) is -0.389. The van der Waals surface area contributed by atoms with E-state index >= 15 is 0 Å². The van der Waals surface area contributed by atoms with Crippen LogP contribution in [0.25, 0.3) is 0 Å². The Balaban J connectivity index is 2.62. The van der Waals surface area contributed by atoms with Crippen molar-refractivity contribution in [3.63, 3.8) is 0 Å². The Morgan fingerprint density at radius 2 is 2.10 bits per heavy atom. The molecular formula is C14H20N2O4S. The van der Waals surface area contributed by atoms with Gasteiger partial charge < -0.3 is 15.8 Å². The van der Waals surface area contributed by atoms with Crippen LogP contribution in [0.4, 0.5) is 5.69 Å². The van der Waals surface area contributed by atoms with Crippen molar-refractivity contribution in [2.45, 2.75) is 11.3 Å². The molecule has 0 atom stereocenters. The molecule has 1 rings (SSSR count). The standard InChI is InChI=1S/C14H20N2O4S/c1-3-4-6-20-7-5-16-14(17)11-8-12(15)10-13(9-11)21(2,18)19/h3,8-10H,1,4-7,15H2,2H3,(H,16,17). The van der Waals surface area contributed by atoms with Crippen LogP contribution in [-0.4, -0.2) is 40.3 Å². The van der Waals surface area contributed by atoms with Gasteiger partial charge >= 0.3 is 0 Å². The van der Waals surface area contributed by atoms with Crippen LogP contribution >= 0.6 is 0 Å². The number of nitrogens with one attached hydrogen (secondary N) is 1. The van der Waals surface area contributed by atoms with Crippen molar-refractivity contribution in [2.75, 3.05) is 31.7 Å². The number of anilines is 1. The summed E-state index contributed by atoms with van der Waals surface area (Å²) < 4.78 is 28.3. The van der Waals surface area contributed by atoms with E-state index in [2.05, 4.69) is 11.9 Å². The highest BCUT2D eigenvalue weighted by atomic mass is 32.2. The van der Waals surface area contributed by atoms with Gasteiger partial charge in [0.05, 0.1) is 18.1 Å². The van der Waals surface area contributed by atoms with E-state index in [0.717, 1.165) is 12.7 Å². The van der Waals surface area contributed by atoms with E-state index in [1.807, 2.05) is 0 Å². The van der Waals surface area contributed by atoms with E-state index in [9.17, 15) is 13.2 Å². The van der Waals surface area contributed by atoms with Crippen molar-refractivity contribution >= 4 is 21.4 Å². The van der Waals surface area contributed by atoms with Gasteiger partial charge in [0, 0.05) is 24.1 Å². The van der Waals surface area contributed by atoms with Gasteiger partial charge in [0.2, 0.25) is 0 Å². The second kappa shape index (κ2) is 7.80. The maximum atomic E-state index is 11.9. The lowest BCUT2D eigenvalue weighted by molar-refractivity contribution is 0.0917. The Hall–Kier alpha value is -1.86. The van der Waals surface area contributed by atoms with Gasteiger partial charge in [-0.15, -0.1) is 6.58 Å². The van der Waals surface area contributed by atoms with E-state index < -0.39 is 9.84 Å². The number of nitrogens with two attached hydrogens (primary N) is 1. The molecule has 0 unspecified atom stereocenters. The number of carbonyl (C=O) groups is 1. The summed E-state index contributed by atoms with van der Waals surface area (Å²) in [7, 11) is -3.41. The van der Waals surface area contributed by atoms with Crippen LogP contribution in [0, 0.1) is 0 Å². The smallest absolute Gasteiger partial charge is 0.251 e. The highest BCUT2D eigenvalue weighted by Gasteiger charge is 2.13. The zero-order valence-electron chi connectivity index (χ0n) is 12.0. The molecule has 1 aromatic carbocycles. The van der Waals surface area contributed by atoms with Gasteiger partial charge in [0.15, 0.2) is 9.84 Å². The number of amides is 1. The number of hydrogen-bond donors (Lipinski definition) is 2. The fraction of sp³-hybridized carbons (Fsp3) is 0.357. The summed E-state index contributed by atoms with van der Waals surface area (Å²) in [5.41, 5.74) is 6.06. The van der Waals surface area contributed by atoms with Crippen molar-refractivity contribution in [1.82, 2.24) is 5.32 Å². The third-order valence-electron chi connectivity index (χ3n) is 2.62. The van der Waals surface area contributed by atoms with E-state index in [0.29, 0.717) is 19.8 Å². The maximum Gasteiger partial charge on any atom is 0.251 e. The molecule has 6 nitrogen and oxygen atoms in total. The number of sulfone groups is 1. The molecule has 0 spiro atoms. The van der Waals surface area contributed by atoms with Gasteiger partial charge in [0.25, 0.3) is 5.91 Å². The lowest BCUT2D eigenvalue weighted by Gasteiger charge is -2.08. The van der Waals surface area contributed by atoms with Crippen molar-refractivity contribution in [1.29, 1.82) is 0 Å². The fourth-order valence-electron chi connectivity index (χ4n) is 1.57. The first-order valence-corrected chi connectivity index (χ1v) is 8.31. The summed E-state index contributed by atoms with van der Waals surface area (Å²) >= 11 is 0. The average Bonchev–Trinajstić information content (AvgIpc) is 2.40. The summed E-state index contributed by atoms with van der Waals surface area (Å²) in [6.45, 7) is 4.83. The number of hydrogen-bond acceptors (Lipinski definition) is 5. The van der Waals surface area contributed by atoms with Crippen molar-refractivity contribution in [3.8, 4) is 0 Å². The first-order chi connectivity index (χ1) is 9.84. The summed E-state index contributed by atoms with van der Waals surface area (Å²) in [6.07, 6.45) is 3.57. The molecular weight excluding hydrogens is 292 g/mol. The van der Waals surface area contributed by atoms with E-state index in [4.69, 9.17) is 10.5 Å². The van der Waals surface area contributed by atoms with Gasteiger partial charge in [-0.3, -0.25) is 4.79 Å². The van der Waals surface area contributed by atoms with Crippen LogP contribution in [0.15, 0.2) is 35.7 Å². The maximum absolute atomic E-state index is 11.9. The normalized spacial score (nSPS) is 11.1. The topological polar surface area (TPSA) is 98.5 Å². The molecule has 0 heterocycles. The summed E-state index contributed by atoms with van der Waals surface area (Å²) in [6, 6.07) is 4.06. The van der Waals surface area contributed by atoms with E-state index in [-0.39, 0.29) is 22.1 Å². The minimum Gasteiger partial charge on any atom is -0.399 e. The molecule has 21 heavy (non-hydrogen) atoms. The van der Waals surface area contributed by atoms with Gasteiger partial charge in [-0.05, 0) is 24.6 Å². The molecule has 1 amide bonds. The van der Waals surface area contributed by atoms with Crippen molar-refractivity contribution < 1.29 is 17.9 Å². The van der Waals surface area contributed by atoms with Crippen molar-refractivity contribution in [2.24, 2.45) is 0 Å². The third kappa shape index (κ3) is 5.97. The van der Waals surface area contributed by atoms with Gasteiger partial charge in [0.1, 0.15) is 0 Å². The molecule has 3 N–H and O–H groups in total. The average molecular weight is 312 g/mol. The largest absolute Gasteiger partial charge is 0.399 e. The quantitative estimate of drug-likeness (QED) is 0.424. The lowest BCUT2D eigenvalue weighted by atomic mass is 10.2. The third-order valence-corrected chi connectivity index (χ3v) is 3.71. The van der Waals surface area contributed by atoms with Gasteiger partial charge in [-0.1, -0.05) is 6.08 Å². The molecule has 0 bridgehead atoms. The molecule has 1 aromatic rings. The monoisotopic (exact) mass is 312 g/mol. The Kier molecular flexibility index (Phi) is 6.39. The Labute approximate surface area is 124 Å². The van der Waals surface area contributed by atoms with Crippen LogP contribution in [-0.2, 0) is 14.6 Å². The Morgan fingerprint density at radius 1 is 1.38 bits per heavy atom. The zero-order valence-corrected chi connectivity index (χ0v) is 12.8. The molecule has 0 saturated carbocycles. The predicted octanol–water partition coefficient (Wildman–Crippen LogP) is 0.995. The number of nitrogen functional groups attached to an aromatic ring is 1. The predicted molar refractivity (Wildman–Crippen MR) is 81.9 cm³/mol. The Morgan fingerprint density at radius 3 is 2.71 bits per heavy atom.